The summed E-state index contributed by atoms with van der Waals surface area (Å²) < 4.78 is 15.2. The van der Waals surface area contributed by atoms with Crippen molar-refractivity contribution < 1.29 is 4.39 Å². The van der Waals surface area contributed by atoms with Crippen LogP contribution in [0.5, 0.6) is 0 Å². The van der Waals surface area contributed by atoms with Crippen molar-refractivity contribution in [1.82, 2.24) is 19.7 Å². The van der Waals surface area contributed by atoms with Crippen LogP contribution in [0.3, 0.4) is 0 Å². The van der Waals surface area contributed by atoms with Crippen LogP contribution in [-0.4, -0.2) is 32.8 Å². The molecule has 0 saturated carbocycles. The molecule has 0 spiro atoms. The monoisotopic (exact) mass is 316 g/mol. The summed E-state index contributed by atoms with van der Waals surface area (Å²) in [4.78, 5) is 2.46. The molecule has 1 aromatic carbocycles. The van der Waals surface area contributed by atoms with E-state index in [4.69, 9.17) is 0 Å². The maximum absolute atomic E-state index is 13.0. The second-order valence-electron chi connectivity index (χ2n) is 6.54. The number of nitrogens with zero attached hydrogens (tertiary/aromatic N) is 4. The van der Waals surface area contributed by atoms with E-state index in [0.29, 0.717) is 5.92 Å². The van der Waals surface area contributed by atoms with Crippen molar-refractivity contribution in [2.75, 3.05) is 13.1 Å². The fourth-order valence-electron chi connectivity index (χ4n) is 3.43. The molecular weight excluding hydrogens is 291 g/mol. The number of aromatic nitrogens is 3. The Kier molecular flexibility index (Phi) is 5.06. The average Bonchev–Trinajstić information content (AvgIpc) is 3.11. The van der Waals surface area contributed by atoms with Gasteiger partial charge in [-0.1, -0.05) is 19.1 Å². The molecule has 2 heterocycles. The molecule has 0 bridgehead atoms. The Labute approximate surface area is 137 Å². The fraction of sp³-hybridized carbons (Fsp3) is 0.556. The number of hydrogen-bond acceptors (Lipinski definition) is 3. The zero-order chi connectivity index (χ0) is 16.2. The molecule has 1 fully saturated rings. The summed E-state index contributed by atoms with van der Waals surface area (Å²) >= 11 is 0. The molecule has 1 atom stereocenters. The highest BCUT2D eigenvalue weighted by Gasteiger charge is 2.24. The summed E-state index contributed by atoms with van der Waals surface area (Å²) in [5, 5.41) is 8.57. The summed E-state index contributed by atoms with van der Waals surface area (Å²) in [5.41, 5.74) is 1.23. The van der Waals surface area contributed by atoms with E-state index in [9.17, 15) is 4.39 Å². The third-order valence-corrected chi connectivity index (χ3v) is 4.63. The van der Waals surface area contributed by atoms with Crippen LogP contribution in [0.15, 0.2) is 24.3 Å². The first kappa shape index (κ1) is 16.1. The highest BCUT2D eigenvalue weighted by molar-refractivity contribution is 5.17. The van der Waals surface area contributed by atoms with Gasteiger partial charge in [0.05, 0.1) is 6.54 Å². The van der Waals surface area contributed by atoms with E-state index in [-0.39, 0.29) is 5.82 Å². The Bertz CT molecular complexity index is 635. The molecule has 1 aromatic heterocycles. The van der Waals surface area contributed by atoms with E-state index < -0.39 is 0 Å². The van der Waals surface area contributed by atoms with Crippen LogP contribution in [0.25, 0.3) is 0 Å². The van der Waals surface area contributed by atoms with Crippen LogP contribution < -0.4 is 0 Å². The molecule has 0 N–H and O–H groups in total. The van der Waals surface area contributed by atoms with Gasteiger partial charge in [0, 0.05) is 13.1 Å². The molecule has 0 radical (unpaired) electrons. The second-order valence-corrected chi connectivity index (χ2v) is 6.54. The van der Waals surface area contributed by atoms with Crippen molar-refractivity contribution in [3.63, 3.8) is 0 Å². The van der Waals surface area contributed by atoms with Gasteiger partial charge in [0.1, 0.15) is 17.5 Å². The molecule has 124 valence electrons. The van der Waals surface area contributed by atoms with E-state index in [1.807, 2.05) is 19.1 Å². The first-order valence-corrected chi connectivity index (χ1v) is 8.51. The van der Waals surface area contributed by atoms with Crippen LogP contribution in [0.4, 0.5) is 4.39 Å². The third kappa shape index (κ3) is 3.96. The fourth-order valence-corrected chi connectivity index (χ4v) is 3.43. The molecule has 4 nitrogen and oxygen atoms in total. The van der Waals surface area contributed by atoms with Gasteiger partial charge in [-0.15, -0.1) is 10.2 Å². The Morgan fingerprint density at radius 3 is 2.74 bits per heavy atom. The molecule has 3 rings (SSSR count). The summed E-state index contributed by atoms with van der Waals surface area (Å²) in [6.07, 6.45) is 3.31. The standard InChI is InChI=1S/C18H25FN4/c1-3-9-23-14(2)20-21-18(23)13-22-10-8-16(12-22)11-15-4-6-17(19)7-5-15/h4-7,16H,3,8-13H2,1-2H3/t16-/m1/s1. The molecule has 0 aliphatic carbocycles. The van der Waals surface area contributed by atoms with Crippen molar-refractivity contribution in [3.8, 4) is 0 Å². The van der Waals surface area contributed by atoms with Gasteiger partial charge in [-0.05, 0) is 56.3 Å². The highest BCUT2D eigenvalue weighted by atomic mass is 19.1. The topological polar surface area (TPSA) is 34.0 Å². The second kappa shape index (κ2) is 7.21. The summed E-state index contributed by atoms with van der Waals surface area (Å²) in [6.45, 7) is 8.24. The van der Waals surface area contributed by atoms with E-state index in [1.54, 1.807) is 12.1 Å². The van der Waals surface area contributed by atoms with Gasteiger partial charge in [0.25, 0.3) is 0 Å². The molecular formula is C18H25FN4. The maximum atomic E-state index is 13.0. The summed E-state index contributed by atoms with van der Waals surface area (Å²) in [5.74, 6) is 2.56. The number of likely N-dealkylation sites (tertiary alicyclic amines) is 1. The minimum absolute atomic E-state index is 0.160. The molecule has 0 amide bonds. The number of hydrogen-bond donors (Lipinski definition) is 0. The van der Waals surface area contributed by atoms with Crippen molar-refractivity contribution in [2.24, 2.45) is 5.92 Å². The third-order valence-electron chi connectivity index (χ3n) is 4.63. The Balaban J connectivity index is 1.56. The van der Waals surface area contributed by atoms with Crippen LogP contribution in [0.2, 0.25) is 0 Å². The van der Waals surface area contributed by atoms with E-state index in [2.05, 4.69) is 26.6 Å². The quantitative estimate of drug-likeness (QED) is 0.821. The van der Waals surface area contributed by atoms with Gasteiger partial charge < -0.3 is 4.57 Å². The molecule has 1 aliphatic heterocycles. The van der Waals surface area contributed by atoms with Gasteiger partial charge in [0.15, 0.2) is 0 Å². The van der Waals surface area contributed by atoms with Crippen molar-refractivity contribution in [3.05, 3.63) is 47.3 Å². The minimum atomic E-state index is -0.160. The first-order chi connectivity index (χ1) is 11.2. The largest absolute Gasteiger partial charge is 0.314 e. The molecule has 1 aliphatic rings. The SMILES string of the molecule is CCCn1c(C)nnc1CN1CC[C@H](Cc2ccc(F)cc2)C1. The van der Waals surface area contributed by atoms with Crippen molar-refractivity contribution >= 4 is 0 Å². The van der Waals surface area contributed by atoms with Gasteiger partial charge in [-0.3, -0.25) is 4.90 Å². The summed E-state index contributed by atoms with van der Waals surface area (Å²) in [6, 6.07) is 6.91. The van der Waals surface area contributed by atoms with Crippen molar-refractivity contribution in [1.29, 1.82) is 0 Å². The lowest BCUT2D eigenvalue weighted by molar-refractivity contribution is 0.302. The summed E-state index contributed by atoms with van der Waals surface area (Å²) in [7, 11) is 0. The first-order valence-electron chi connectivity index (χ1n) is 8.51. The van der Waals surface area contributed by atoms with Crippen LogP contribution in [-0.2, 0) is 19.5 Å². The van der Waals surface area contributed by atoms with E-state index >= 15 is 0 Å². The van der Waals surface area contributed by atoms with E-state index in [1.165, 1.54) is 12.0 Å². The molecule has 2 aromatic rings. The Morgan fingerprint density at radius 1 is 1.22 bits per heavy atom. The predicted octanol–water partition coefficient (Wildman–Crippen LogP) is 3.20. The lowest BCUT2D eigenvalue weighted by Gasteiger charge is -2.16. The van der Waals surface area contributed by atoms with Gasteiger partial charge in [-0.25, -0.2) is 4.39 Å². The lowest BCUT2D eigenvalue weighted by atomic mass is 9.99. The molecule has 23 heavy (non-hydrogen) atoms. The number of aryl methyl sites for hydroxylation is 1. The van der Waals surface area contributed by atoms with Gasteiger partial charge >= 0.3 is 0 Å². The molecule has 5 heteroatoms. The van der Waals surface area contributed by atoms with Gasteiger partial charge in [0.2, 0.25) is 0 Å². The molecule has 0 unspecified atom stereocenters. The normalized spacial score (nSPS) is 18.7. The van der Waals surface area contributed by atoms with E-state index in [0.717, 1.165) is 50.7 Å². The highest BCUT2D eigenvalue weighted by Crippen LogP contribution is 2.22. The zero-order valence-corrected chi connectivity index (χ0v) is 14.0. The van der Waals surface area contributed by atoms with Crippen LogP contribution in [0, 0.1) is 18.7 Å². The Hall–Kier alpha value is -1.75. The van der Waals surface area contributed by atoms with Crippen LogP contribution >= 0.6 is 0 Å². The Morgan fingerprint density at radius 2 is 2.00 bits per heavy atom. The minimum Gasteiger partial charge on any atom is -0.314 e. The zero-order valence-electron chi connectivity index (χ0n) is 14.0. The van der Waals surface area contributed by atoms with Crippen LogP contribution in [0.1, 0.15) is 37.0 Å². The number of halogens is 1. The van der Waals surface area contributed by atoms with Crippen molar-refractivity contribution in [2.45, 2.75) is 46.2 Å². The number of benzene rings is 1. The number of rotatable bonds is 6. The molecule has 1 saturated heterocycles. The lowest BCUT2D eigenvalue weighted by Crippen LogP contribution is -2.23. The maximum Gasteiger partial charge on any atom is 0.147 e. The average molecular weight is 316 g/mol. The smallest absolute Gasteiger partial charge is 0.147 e. The predicted molar refractivity (Wildman–Crippen MR) is 88.5 cm³/mol. The van der Waals surface area contributed by atoms with Gasteiger partial charge in [-0.2, -0.15) is 0 Å².